The molecule has 6 heteroatoms. The van der Waals surface area contributed by atoms with E-state index in [1.165, 1.54) is 0 Å². The van der Waals surface area contributed by atoms with E-state index in [-0.39, 0.29) is 5.91 Å². The first-order valence-corrected chi connectivity index (χ1v) is 9.74. The second-order valence-corrected chi connectivity index (χ2v) is 7.08. The van der Waals surface area contributed by atoms with Crippen LogP contribution in [0.25, 0.3) is 22.6 Å². The summed E-state index contributed by atoms with van der Waals surface area (Å²) in [5.41, 5.74) is 4.06. The topological polar surface area (TPSA) is 64.5 Å². The van der Waals surface area contributed by atoms with Crippen LogP contribution in [0.4, 0.5) is 0 Å². The molecule has 0 aliphatic heterocycles. The first-order chi connectivity index (χ1) is 14.7. The number of nitrogens with one attached hydrogen (secondary N) is 1. The molecular formula is C24H20N4O2. The van der Waals surface area contributed by atoms with E-state index in [9.17, 15) is 4.79 Å². The highest BCUT2D eigenvalue weighted by molar-refractivity contribution is 6.02. The molecule has 6 nitrogen and oxygen atoms in total. The minimum atomic E-state index is -0.151. The minimum absolute atomic E-state index is 0.151. The summed E-state index contributed by atoms with van der Waals surface area (Å²) in [5, 5.41) is 7.66. The molecule has 5 aromatic rings. The van der Waals surface area contributed by atoms with Gasteiger partial charge in [-0.3, -0.25) is 4.79 Å². The average Bonchev–Trinajstić information content (AvgIpc) is 3.51. The summed E-state index contributed by atoms with van der Waals surface area (Å²) in [6.45, 7) is 2.22. The highest BCUT2D eigenvalue weighted by Gasteiger charge is 2.18. The molecule has 0 saturated carbocycles. The van der Waals surface area contributed by atoms with Gasteiger partial charge >= 0.3 is 0 Å². The molecule has 0 unspecified atom stereocenters. The van der Waals surface area contributed by atoms with Gasteiger partial charge in [-0.2, -0.15) is 5.10 Å². The summed E-state index contributed by atoms with van der Waals surface area (Å²) < 4.78 is 9.36. The highest BCUT2D eigenvalue weighted by atomic mass is 16.3. The van der Waals surface area contributed by atoms with Crippen LogP contribution < -0.4 is 5.32 Å². The van der Waals surface area contributed by atoms with Crippen LogP contribution in [0.3, 0.4) is 0 Å². The van der Waals surface area contributed by atoms with Gasteiger partial charge in [0.15, 0.2) is 0 Å². The fraction of sp³-hybridized carbons (Fsp3) is 0.0833. The van der Waals surface area contributed by atoms with Gasteiger partial charge in [0.1, 0.15) is 17.2 Å². The van der Waals surface area contributed by atoms with E-state index in [0.29, 0.717) is 12.1 Å². The number of pyridine rings is 1. The first-order valence-electron chi connectivity index (χ1n) is 9.74. The Hall–Kier alpha value is -4.06. The van der Waals surface area contributed by atoms with Crippen molar-refractivity contribution in [1.82, 2.24) is 19.5 Å². The molecule has 1 aromatic carbocycles. The van der Waals surface area contributed by atoms with Crippen molar-refractivity contribution < 1.29 is 9.21 Å². The van der Waals surface area contributed by atoms with Crippen molar-refractivity contribution in [2.75, 3.05) is 0 Å². The molecule has 0 spiro atoms. The molecular weight excluding hydrogens is 376 g/mol. The molecule has 30 heavy (non-hydrogen) atoms. The number of hydrogen-bond donors (Lipinski definition) is 1. The van der Waals surface area contributed by atoms with E-state index in [1.54, 1.807) is 0 Å². The van der Waals surface area contributed by atoms with Gasteiger partial charge in [-0.25, -0.2) is 4.68 Å². The predicted octanol–water partition coefficient (Wildman–Crippen LogP) is 4.62. The van der Waals surface area contributed by atoms with Gasteiger partial charge in [-0.1, -0.05) is 24.3 Å². The fourth-order valence-corrected chi connectivity index (χ4v) is 3.56. The number of carbonyl (C=O) groups is 1. The van der Waals surface area contributed by atoms with E-state index in [0.717, 1.165) is 34.1 Å². The summed E-state index contributed by atoms with van der Waals surface area (Å²) >= 11 is 0. The van der Waals surface area contributed by atoms with Gasteiger partial charge in [0.2, 0.25) is 0 Å². The van der Waals surface area contributed by atoms with E-state index >= 15 is 0 Å². The number of amides is 1. The zero-order chi connectivity index (χ0) is 20.5. The lowest BCUT2D eigenvalue weighted by Gasteiger charge is -2.03. The van der Waals surface area contributed by atoms with Crippen molar-refractivity contribution in [1.29, 1.82) is 0 Å². The van der Waals surface area contributed by atoms with Crippen LogP contribution in [0.5, 0.6) is 0 Å². The molecule has 0 saturated heterocycles. The van der Waals surface area contributed by atoms with Crippen molar-refractivity contribution in [2.24, 2.45) is 0 Å². The van der Waals surface area contributed by atoms with Gasteiger partial charge in [0.25, 0.3) is 5.91 Å². The van der Waals surface area contributed by atoms with Gasteiger partial charge in [0.05, 0.1) is 29.0 Å². The first kappa shape index (κ1) is 18.0. The number of nitrogens with zero attached hydrogens (tertiary/aromatic N) is 3. The molecule has 0 aliphatic rings. The van der Waals surface area contributed by atoms with Crippen molar-refractivity contribution in [3.05, 3.63) is 102 Å². The molecule has 4 heterocycles. The van der Waals surface area contributed by atoms with Crippen LogP contribution >= 0.6 is 0 Å². The number of para-hydroxylation sites is 1. The number of hydrogen-bond acceptors (Lipinski definition) is 3. The maximum Gasteiger partial charge on any atom is 0.253 e. The van der Waals surface area contributed by atoms with Gasteiger partial charge < -0.3 is 14.1 Å². The molecule has 0 radical (unpaired) electrons. The van der Waals surface area contributed by atoms with Crippen LogP contribution in [0.1, 0.15) is 21.9 Å². The van der Waals surface area contributed by atoms with Crippen molar-refractivity contribution in [3.63, 3.8) is 0 Å². The number of aromatic nitrogens is 3. The summed E-state index contributed by atoms with van der Waals surface area (Å²) in [7, 11) is 0. The third kappa shape index (κ3) is 3.28. The summed E-state index contributed by atoms with van der Waals surface area (Å²) in [6, 6.07) is 23.3. The van der Waals surface area contributed by atoms with E-state index in [4.69, 9.17) is 9.52 Å². The Morgan fingerprint density at radius 1 is 1.00 bits per heavy atom. The van der Waals surface area contributed by atoms with Crippen LogP contribution in [0.2, 0.25) is 0 Å². The lowest BCUT2D eigenvalue weighted by atomic mass is 10.2. The molecule has 0 bridgehead atoms. The fourth-order valence-electron chi connectivity index (χ4n) is 3.56. The van der Waals surface area contributed by atoms with Gasteiger partial charge in [0, 0.05) is 12.4 Å². The Kier molecular flexibility index (Phi) is 4.44. The van der Waals surface area contributed by atoms with Crippen LogP contribution in [0, 0.1) is 6.92 Å². The maximum absolute atomic E-state index is 12.9. The predicted molar refractivity (Wildman–Crippen MR) is 115 cm³/mol. The SMILES string of the molecule is Cc1ccc(CNC(=O)c2cc(-c3ccn(-c4ccccc4)n3)n3ccccc23)o1. The molecule has 148 valence electrons. The zero-order valence-electron chi connectivity index (χ0n) is 16.4. The minimum Gasteiger partial charge on any atom is -0.465 e. The number of carbonyl (C=O) groups excluding carboxylic acids is 1. The van der Waals surface area contributed by atoms with Crippen LogP contribution in [-0.2, 0) is 6.54 Å². The Balaban J connectivity index is 1.48. The molecule has 1 N–H and O–H groups in total. The quantitative estimate of drug-likeness (QED) is 0.471. The third-order valence-electron chi connectivity index (χ3n) is 5.01. The zero-order valence-corrected chi connectivity index (χ0v) is 16.4. The van der Waals surface area contributed by atoms with Crippen molar-refractivity contribution >= 4 is 11.4 Å². The second-order valence-electron chi connectivity index (χ2n) is 7.08. The Morgan fingerprint density at radius 3 is 2.63 bits per heavy atom. The second kappa shape index (κ2) is 7.40. The Morgan fingerprint density at radius 2 is 1.83 bits per heavy atom. The van der Waals surface area contributed by atoms with Gasteiger partial charge in [-0.05, 0) is 55.5 Å². The maximum atomic E-state index is 12.9. The molecule has 0 atom stereocenters. The van der Waals surface area contributed by atoms with E-state index in [2.05, 4.69) is 5.32 Å². The van der Waals surface area contributed by atoms with Gasteiger partial charge in [-0.15, -0.1) is 0 Å². The van der Waals surface area contributed by atoms with Crippen molar-refractivity contribution in [2.45, 2.75) is 13.5 Å². The normalized spacial score (nSPS) is 11.1. The number of furan rings is 1. The summed E-state index contributed by atoms with van der Waals surface area (Å²) in [5.74, 6) is 1.40. The monoisotopic (exact) mass is 396 g/mol. The highest BCUT2D eigenvalue weighted by Crippen LogP contribution is 2.26. The lowest BCUT2D eigenvalue weighted by molar-refractivity contribution is 0.0949. The average molecular weight is 396 g/mol. The van der Waals surface area contributed by atoms with E-state index < -0.39 is 0 Å². The molecule has 1 amide bonds. The molecule has 4 aromatic heterocycles. The standard InChI is InChI=1S/C24H20N4O2/c1-17-10-11-19(30-17)16-25-24(29)20-15-23(27-13-6-5-9-22(20)27)21-12-14-28(26-21)18-7-3-2-4-8-18/h2-15H,16H2,1H3,(H,25,29). The Labute approximate surface area is 173 Å². The Bertz CT molecular complexity index is 1330. The van der Waals surface area contributed by atoms with Crippen molar-refractivity contribution in [3.8, 4) is 17.1 Å². The summed E-state index contributed by atoms with van der Waals surface area (Å²) in [6.07, 6.45) is 3.87. The van der Waals surface area contributed by atoms with E-state index in [1.807, 2.05) is 101 Å². The molecule has 0 fully saturated rings. The third-order valence-corrected chi connectivity index (χ3v) is 5.01. The number of rotatable bonds is 5. The summed E-state index contributed by atoms with van der Waals surface area (Å²) in [4.78, 5) is 12.9. The smallest absolute Gasteiger partial charge is 0.253 e. The number of benzene rings is 1. The molecule has 5 rings (SSSR count). The van der Waals surface area contributed by atoms with Crippen LogP contribution in [0.15, 0.2) is 89.6 Å². The number of fused-ring (bicyclic) bond motifs is 1. The lowest BCUT2D eigenvalue weighted by Crippen LogP contribution is -2.22. The van der Waals surface area contributed by atoms with Crippen LogP contribution in [-0.4, -0.2) is 20.1 Å². The largest absolute Gasteiger partial charge is 0.465 e. The molecule has 0 aliphatic carbocycles. The number of aryl methyl sites for hydroxylation is 1.